The molecule has 0 aliphatic heterocycles. The highest BCUT2D eigenvalue weighted by molar-refractivity contribution is 7.80. The van der Waals surface area contributed by atoms with Crippen molar-refractivity contribution in [3.63, 3.8) is 0 Å². The van der Waals surface area contributed by atoms with Gasteiger partial charge >= 0.3 is 0 Å². The summed E-state index contributed by atoms with van der Waals surface area (Å²) >= 11 is 4.13. The van der Waals surface area contributed by atoms with E-state index in [1.54, 1.807) is 0 Å². The van der Waals surface area contributed by atoms with E-state index >= 15 is 0 Å². The molecule has 0 N–H and O–H groups in total. The van der Waals surface area contributed by atoms with Crippen LogP contribution in [-0.4, -0.2) is 12.4 Å². The monoisotopic (exact) mass is 196 g/mol. The molecule has 13 heavy (non-hydrogen) atoms. The molecule has 1 nitrogen and oxygen atoms in total. The summed E-state index contributed by atoms with van der Waals surface area (Å²) < 4.78 is 5.61. The van der Waals surface area contributed by atoms with Crippen LogP contribution in [0.3, 0.4) is 0 Å². The summed E-state index contributed by atoms with van der Waals surface area (Å²) in [6, 6.07) is 6.14. The van der Waals surface area contributed by atoms with Crippen LogP contribution in [0.5, 0.6) is 5.75 Å². The minimum atomic E-state index is 0.758. The van der Waals surface area contributed by atoms with E-state index in [-0.39, 0.29) is 0 Å². The molecule has 72 valence electrons. The molecular weight excluding hydrogens is 180 g/mol. The Morgan fingerprint density at radius 2 is 2.08 bits per heavy atom. The lowest BCUT2D eigenvalue weighted by Crippen LogP contribution is -1.99. The molecule has 0 aromatic heterocycles. The van der Waals surface area contributed by atoms with Gasteiger partial charge in [0.05, 0.1) is 6.61 Å². The third kappa shape index (κ3) is 2.96. The Hall–Kier alpha value is -0.630. The lowest BCUT2D eigenvalue weighted by Gasteiger charge is -2.09. The van der Waals surface area contributed by atoms with Gasteiger partial charge in [0.15, 0.2) is 0 Å². The highest BCUT2D eigenvalue weighted by atomic mass is 32.1. The highest BCUT2D eigenvalue weighted by Crippen LogP contribution is 2.20. The Bertz CT molecular complexity index is 271. The Balaban J connectivity index is 2.61. The number of ether oxygens (including phenoxy) is 1. The zero-order valence-corrected chi connectivity index (χ0v) is 9.10. The first kappa shape index (κ1) is 10.5. The summed E-state index contributed by atoms with van der Waals surface area (Å²) in [6.45, 7) is 4.94. The number of hydrogen-bond acceptors (Lipinski definition) is 2. The summed E-state index contributed by atoms with van der Waals surface area (Å²) in [5, 5.41) is 0. The molecule has 0 saturated heterocycles. The molecular formula is C11H16OS. The van der Waals surface area contributed by atoms with E-state index in [9.17, 15) is 0 Å². The van der Waals surface area contributed by atoms with Gasteiger partial charge in [0.2, 0.25) is 0 Å². The molecule has 0 bridgehead atoms. The normalized spacial score (nSPS) is 10.1. The van der Waals surface area contributed by atoms with Gasteiger partial charge in [-0.25, -0.2) is 0 Å². The maximum atomic E-state index is 5.61. The number of benzene rings is 1. The van der Waals surface area contributed by atoms with Gasteiger partial charge in [-0.1, -0.05) is 12.1 Å². The van der Waals surface area contributed by atoms with Gasteiger partial charge in [0.25, 0.3) is 0 Å². The number of rotatable bonds is 4. The second-order valence-electron chi connectivity index (χ2n) is 3.12. The Kier molecular flexibility index (Phi) is 4.16. The zero-order valence-electron chi connectivity index (χ0n) is 8.21. The van der Waals surface area contributed by atoms with Crippen molar-refractivity contribution in [2.75, 3.05) is 12.4 Å². The van der Waals surface area contributed by atoms with Crippen molar-refractivity contribution in [1.82, 2.24) is 0 Å². The fourth-order valence-corrected chi connectivity index (χ4v) is 1.26. The van der Waals surface area contributed by atoms with E-state index in [1.165, 1.54) is 11.1 Å². The first-order valence-corrected chi connectivity index (χ1v) is 5.19. The summed E-state index contributed by atoms with van der Waals surface area (Å²) in [6.07, 6.45) is 0.997. The molecule has 0 aliphatic carbocycles. The largest absolute Gasteiger partial charge is 0.493 e. The van der Waals surface area contributed by atoms with E-state index in [2.05, 4.69) is 32.5 Å². The number of aryl methyl sites for hydroxylation is 1. The predicted octanol–water partition coefficient (Wildman–Crippen LogP) is 3.00. The Morgan fingerprint density at radius 3 is 2.77 bits per heavy atom. The van der Waals surface area contributed by atoms with Gasteiger partial charge in [-0.05, 0) is 43.2 Å². The Labute approximate surface area is 85.5 Å². The van der Waals surface area contributed by atoms with E-state index in [0.717, 1.165) is 24.5 Å². The topological polar surface area (TPSA) is 9.23 Å². The summed E-state index contributed by atoms with van der Waals surface area (Å²) in [5.41, 5.74) is 2.52. The molecule has 0 aliphatic rings. The van der Waals surface area contributed by atoms with Crippen LogP contribution in [0, 0.1) is 13.8 Å². The molecule has 0 amide bonds. The van der Waals surface area contributed by atoms with Crippen LogP contribution in [0.2, 0.25) is 0 Å². The summed E-state index contributed by atoms with van der Waals surface area (Å²) in [5.74, 6) is 1.88. The van der Waals surface area contributed by atoms with Crippen LogP contribution < -0.4 is 4.74 Å². The fraction of sp³-hybridized carbons (Fsp3) is 0.455. The second kappa shape index (κ2) is 5.18. The lowest BCUT2D eigenvalue weighted by atomic mass is 10.1. The van der Waals surface area contributed by atoms with Gasteiger partial charge in [0, 0.05) is 0 Å². The van der Waals surface area contributed by atoms with Gasteiger partial charge in [-0.2, -0.15) is 12.6 Å². The first-order chi connectivity index (χ1) is 6.25. The molecule has 0 atom stereocenters. The predicted molar refractivity (Wildman–Crippen MR) is 59.9 cm³/mol. The third-order valence-corrected chi connectivity index (χ3v) is 2.43. The quantitative estimate of drug-likeness (QED) is 0.575. The van der Waals surface area contributed by atoms with Crippen LogP contribution in [-0.2, 0) is 0 Å². The SMILES string of the molecule is Cc1cccc(OCCCS)c1C. The van der Waals surface area contributed by atoms with Crippen LogP contribution in [0.25, 0.3) is 0 Å². The fourth-order valence-electron chi connectivity index (χ4n) is 1.13. The van der Waals surface area contributed by atoms with Crippen LogP contribution in [0.4, 0.5) is 0 Å². The average Bonchev–Trinajstić information content (AvgIpc) is 2.13. The molecule has 1 aromatic carbocycles. The van der Waals surface area contributed by atoms with Gasteiger partial charge in [0.1, 0.15) is 5.75 Å². The van der Waals surface area contributed by atoms with Crippen LogP contribution >= 0.6 is 12.6 Å². The van der Waals surface area contributed by atoms with Crippen LogP contribution in [0.15, 0.2) is 18.2 Å². The molecule has 0 saturated carbocycles. The minimum Gasteiger partial charge on any atom is -0.493 e. The number of thiol groups is 1. The van der Waals surface area contributed by atoms with Crippen molar-refractivity contribution in [3.05, 3.63) is 29.3 Å². The van der Waals surface area contributed by atoms with E-state index in [4.69, 9.17) is 4.74 Å². The molecule has 0 fully saturated rings. The van der Waals surface area contributed by atoms with E-state index in [1.807, 2.05) is 12.1 Å². The van der Waals surface area contributed by atoms with Crippen molar-refractivity contribution < 1.29 is 4.74 Å². The first-order valence-electron chi connectivity index (χ1n) is 4.55. The van der Waals surface area contributed by atoms with Gasteiger partial charge < -0.3 is 4.74 Å². The van der Waals surface area contributed by atoms with Gasteiger partial charge in [-0.15, -0.1) is 0 Å². The van der Waals surface area contributed by atoms with Crippen molar-refractivity contribution >= 4 is 12.6 Å². The van der Waals surface area contributed by atoms with Crippen molar-refractivity contribution in [3.8, 4) is 5.75 Å². The summed E-state index contributed by atoms with van der Waals surface area (Å²) in [7, 11) is 0. The van der Waals surface area contributed by atoms with Crippen molar-refractivity contribution in [2.45, 2.75) is 20.3 Å². The standard InChI is InChI=1S/C11H16OS/c1-9-5-3-6-11(10(9)2)12-7-4-8-13/h3,5-6,13H,4,7-8H2,1-2H3. The molecule has 0 heterocycles. The van der Waals surface area contributed by atoms with Crippen LogP contribution in [0.1, 0.15) is 17.5 Å². The summed E-state index contributed by atoms with van der Waals surface area (Å²) in [4.78, 5) is 0. The third-order valence-electron chi connectivity index (χ3n) is 2.11. The maximum Gasteiger partial charge on any atom is 0.122 e. The minimum absolute atomic E-state index is 0.758. The molecule has 0 spiro atoms. The van der Waals surface area contributed by atoms with E-state index < -0.39 is 0 Å². The molecule has 2 heteroatoms. The molecule has 0 radical (unpaired) electrons. The smallest absolute Gasteiger partial charge is 0.122 e. The van der Waals surface area contributed by atoms with Gasteiger partial charge in [-0.3, -0.25) is 0 Å². The highest BCUT2D eigenvalue weighted by Gasteiger charge is 2.00. The maximum absolute atomic E-state index is 5.61. The molecule has 1 aromatic rings. The second-order valence-corrected chi connectivity index (χ2v) is 3.57. The molecule has 0 unspecified atom stereocenters. The lowest BCUT2D eigenvalue weighted by molar-refractivity contribution is 0.316. The van der Waals surface area contributed by atoms with E-state index in [0.29, 0.717) is 0 Å². The zero-order chi connectivity index (χ0) is 9.68. The Morgan fingerprint density at radius 1 is 1.31 bits per heavy atom. The molecule has 1 rings (SSSR count). The number of hydrogen-bond donors (Lipinski definition) is 1. The van der Waals surface area contributed by atoms with Crippen molar-refractivity contribution in [2.24, 2.45) is 0 Å². The van der Waals surface area contributed by atoms with Crippen molar-refractivity contribution in [1.29, 1.82) is 0 Å². The average molecular weight is 196 g/mol.